The van der Waals surface area contributed by atoms with Crippen LogP contribution < -0.4 is 4.72 Å². The van der Waals surface area contributed by atoms with E-state index in [1.165, 1.54) is 35.0 Å². The summed E-state index contributed by atoms with van der Waals surface area (Å²) in [7, 11) is -4.63. The molecule has 0 fully saturated rings. The summed E-state index contributed by atoms with van der Waals surface area (Å²) in [6.07, 6.45) is 0. The number of aromatic nitrogens is 2. The Labute approximate surface area is 208 Å². The first-order valence-corrected chi connectivity index (χ1v) is 12.1. The molecular formula is C23H14Cl2F2N4O3S. The van der Waals surface area contributed by atoms with Crippen molar-refractivity contribution in [1.29, 1.82) is 5.26 Å². The van der Waals surface area contributed by atoms with Crippen molar-refractivity contribution in [3.8, 4) is 28.8 Å². The average molecular weight is 535 g/mol. The Morgan fingerprint density at radius 1 is 1.06 bits per heavy atom. The molecule has 0 unspecified atom stereocenters. The fraction of sp³-hybridized carbons (Fsp3) is 0.0435. The number of sulfonamides is 1. The molecule has 0 aliphatic heterocycles. The second-order valence-electron chi connectivity index (χ2n) is 7.21. The Morgan fingerprint density at radius 2 is 1.71 bits per heavy atom. The lowest BCUT2D eigenvalue weighted by atomic mass is 10.1. The topological polar surface area (TPSA) is 108 Å². The monoisotopic (exact) mass is 534 g/mol. The minimum Gasteiger partial charge on any atom is -0.508 e. The highest BCUT2D eigenvalue weighted by atomic mass is 35.5. The van der Waals surface area contributed by atoms with Crippen LogP contribution >= 0.6 is 23.2 Å². The maximum Gasteiger partial charge on any atom is 0.246 e. The SMILES string of the molecule is N#Cc1c(CNS(=O)(=O)c2c(F)cccc2F)nn(-c2ccc(Cl)cc2Cl)c1-c1ccc(O)cc1. The molecule has 1 aromatic heterocycles. The average Bonchev–Trinajstić information content (AvgIpc) is 3.16. The van der Waals surface area contributed by atoms with Gasteiger partial charge in [-0.2, -0.15) is 10.4 Å². The van der Waals surface area contributed by atoms with E-state index >= 15 is 0 Å². The van der Waals surface area contributed by atoms with Gasteiger partial charge in [-0.3, -0.25) is 0 Å². The number of nitrogens with zero attached hydrogens (tertiary/aromatic N) is 3. The lowest BCUT2D eigenvalue weighted by Crippen LogP contribution is -2.26. The minimum absolute atomic E-state index is 0.0113. The summed E-state index contributed by atoms with van der Waals surface area (Å²) in [6, 6.07) is 15.1. The zero-order chi connectivity index (χ0) is 25.3. The summed E-state index contributed by atoms with van der Waals surface area (Å²) in [5, 5.41) is 24.5. The molecule has 0 atom stereocenters. The number of nitrogens with one attached hydrogen (secondary N) is 1. The molecule has 1 heterocycles. The molecule has 0 saturated heterocycles. The van der Waals surface area contributed by atoms with Gasteiger partial charge in [-0.05, 0) is 54.6 Å². The number of rotatable bonds is 6. The van der Waals surface area contributed by atoms with E-state index in [9.17, 15) is 27.6 Å². The van der Waals surface area contributed by atoms with E-state index in [0.29, 0.717) is 16.3 Å². The van der Waals surface area contributed by atoms with Gasteiger partial charge < -0.3 is 5.11 Å². The Morgan fingerprint density at radius 3 is 2.31 bits per heavy atom. The summed E-state index contributed by atoms with van der Waals surface area (Å²) in [5.41, 5.74) is 1.01. The summed E-state index contributed by atoms with van der Waals surface area (Å²) in [4.78, 5) is -1.14. The Balaban J connectivity index is 1.84. The molecule has 0 saturated carbocycles. The zero-order valence-electron chi connectivity index (χ0n) is 17.5. The number of benzene rings is 3. The molecule has 0 aliphatic rings. The first kappa shape index (κ1) is 24.6. The van der Waals surface area contributed by atoms with Gasteiger partial charge in [0, 0.05) is 10.6 Å². The summed E-state index contributed by atoms with van der Waals surface area (Å²) in [6.45, 7) is -0.553. The number of phenols is 1. The number of phenolic OH excluding ortho intramolecular Hbond substituents is 1. The van der Waals surface area contributed by atoms with Gasteiger partial charge in [0.25, 0.3) is 0 Å². The third-order valence-corrected chi connectivity index (χ3v) is 6.96. The molecule has 3 aromatic carbocycles. The van der Waals surface area contributed by atoms with Crippen molar-refractivity contribution in [1.82, 2.24) is 14.5 Å². The molecule has 178 valence electrons. The minimum atomic E-state index is -4.63. The maximum atomic E-state index is 14.1. The van der Waals surface area contributed by atoms with Crippen LogP contribution in [0, 0.1) is 23.0 Å². The molecule has 0 bridgehead atoms. The van der Waals surface area contributed by atoms with Crippen molar-refractivity contribution >= 4 is 33.2 Å². The predicted octanol–water partition coefficient (Wildman–Crippen LogP) is 5.18. The normalized spacial score (nSPS) is 11.4. The highest BCUT2D eigenvalue weighted by molar-refractivity contribution is 7.89. The van der Waals surface area contributed by atoms with Gasteiger partial charge in [-0.1, -0.05) is 29.3 Å². The van der Waals surface area contributed by atoms with E-state index in [1.54, 1.807) is 12.1 Å². The molecule has 12 heteroatoms. The molecule has 0 spiro atoms. The lowest BCUT2D eigenvalue weighted by molar-refractivity contribution is 0.475. The van der Waals surface area contributed by atoms with E-state index in [2.05, 4.69) is 9.82 Å². The molecule has 0 radical (unpaired) electrons. The molecule has 4 aromatic rings. The van der Waals surface area contributed by atoms with Crippen molar-refractivity contribution in [3.05, 3.63) is 93.6 Å². The van der Waals surface area contributed by atoms with Crippen LogP contribution in [0.25, 0.3) is 16.9 Å². The number of halogens is 4. The molecular weight excluding hydrogens is 521 g/mol. The number of hydrogen-bond acceptors (Lipinski definition) is 5. The lowest BCUT2D eigenvalue weighted by Gasteiger charge is -2.10. The van der Waals surface area contributed by atoms with Gasteiger partial charge in [0.15, 0.2) is 4.90 Å². The van der Waals surface area contributed by atoms with E-state index in [0.717, 1.165) is 18.2 Å². The zero-order valence-corrected chi connectivity index (χ0v) is 19.8. The summed E-state index contributed by atoms with van der Waals surface area (Å²) in [5.74, 6) is -2.54. The van der Waals surface area contributed by atoms with Crippen molar-refractivity contribution in [2.75, 3.05) is 0 Å². The largest absolute Gasteiger partial charge is 0.508 e. The van der Waals surface area contributed by atoms with E-state index in [1.807, 2.05) is 6.07 Å². The van der Waals surface area contributed by atoms with Gasteiger partial charge >= 0.3 is 0 Å². The number of aromatic hydroxyl groups is 1. The fourth-order valence-electron chi connectivity index (χ4n) is 3.39. The number of nitriles is 1. The Bertz CT molecular complexity index is 1560. The first-order chi connectivity index (χ1) is 16.6. The van der Waals surface area contributed by atoms with Crippen molar-refractivity contribution in [3.63, 3.8) is 0 Å². The fourth-order valence-corrected chi connectivity index (χ4v) is 5.00. The van der Waals surface area contributed by atoms with Crippen LogP contribution in [-0.2, 0) is 16.6 Å². The predicted molar refractivity (Wildman–Crippen MR) is 126 cm³/mol. The van der Waals surface area contributed by atoms with E-state index < -0.39 is 33.1 Å². The van der Waals surface area contributed by atoms with Crippen molar-refractivity contribution in [2.45, 2.75) is 11.4 Å². The quantitative estimate of drug-likeness (QED) is 0.354. The number of hydrogen-bond donors (Lipinski definition) is 2. The second-order valence-corrected chi connectivity index (χ2v) is 9.76. The Kier molecular flexibility index (Phi) is 6.78. The second kappa shape index (κ2) is 9.64. The summed E-state index contributed by atoms with van der Waals surface area (Å²) < 4.78 is 56.8. The maximum absolute atomic E-state index is 14.1. The highest BCUT2D eigenvalue weighted by Crippen LogP contribution is 2.33. The van der Waals surface area contributed by atoms with Crippen molar-refractivity contribution in [2.24, 2.45) is 0 Å². The smallest absolute Gasteiger partial charge is 0.246 e. The van der Waals surface area contributed by atoms with E-state index in [4.69, 9.17) is 23.2 Å². The molecule has 0 amide bonds. The van der Waals surface area contributed by atoms with Crippen LogP contribution in [0.15, 0.2) is 65.6 Å². The van der Waals surface area contributed by atoms with Crippen LogP contribution in [0.1, 0.15) is 11.3 Å². The van der Waals surface area contributed by atoms with Gasteiger partial charge in [0.1, 0.15) is 29.0 Å². The molecule has 2 N–H and O–H groups in total. The van der Waals surface area contributed by atoms with E-state index in [-0.39, 0.29) is 27.7 Å². The van der Waals surface area contributed by atoms with Gasteiger partial charge in [-0.25, -0.2) is 26.6 Å². The Hall–Kier alpha value is -3.49. The summed E-state index contributed by atoms with van der Waals surface area (Å²) >= 11 is 12.3. The van der Waals surface area contributed by atoms with Crippen LogP contribution in [0.2, 0.25) is 10.0 Å². The van der Waals surface area contributed by atoms with Gasteiger partial charge in [-0.15, -0.1) is 0 Å². The highest BCUT2D eigenvalue weighted by Gasteiger charge is 2.27. The first-order valence-electron chi connectivity index (χ1n) is 9.83. The van der Waals surface area contributed by atoms with Crippen LogP contribution in [0.3, 0.4) is 0 Å². The van der Waals surface area contributed by atoms with Crippen LogP contribution in [0.4, 0.5) is 8.78 Å². The molecule has 35 heavy (non-hydrogen) atoms. The molecule has 4 rings (SSSR count). The standard InChI is InChI=1S/C23H14Cl2F2N4O3S/c24-14-6-9-21(17(25)10-14)31-22(13-4-7-15(32)8-5-13)16(11-28)20(30-31)12-29-35(33,34)23-18(26)2-1-3-19(23)27/h1-10,29,32H,12H2. The van der Waals surface area contributed by atoms with Crippen LogP contribution in [-0.4, -0.2) is 23.3 Å². The molecule has 0 aliphatic carbocycles. The molecule has 7 nitrogen and oxygen atoms in total. The third-order valence-electron chi connectivity index (χ3n) is 4.97. The van der Waals surface area contributed by atoms with Crippen molar-refractivity contribution < 1.29 is 22.3 Å². The van der Waals surface area contributed by atoms with Gasteiger partial charge in [0.05, 0.1) is 28.6 Å². The van der Waals surface area contributed by atoms with Gasteiger partial charge in [0.2, 0.25) is 10.0 Å². The third kappa shape index (κ3) is 4.85. The van der Waals surface area contributed by atoms with Crippen LogP contribution in [0.5, 0.6) is 5.75 Å².